The highest BCUT2D eigenvalue weighted by atomic mass is 16.6. The predicted octanol–water partition coefficient (Wildman–Crippen LogP) is 6.24. The van der Waals surface area contributed by atoms with Crippen molar-refractivity contribution >= 4 is 11.9 Å². The molecule has 37 heavy (non-hydrogen) atoms. The third kappa shape index (κ3) is 7.72. The van der Waals surface area contributed by atoms with Crippen LogP contribution in [-0.4, -0.2) is 38.4 Å². The van der Waals surface area contributed by atoms with Crippen molar-refractivity contribution in [1.82, 2.24) is 0 Å². The number of esters is 2. The summed E-state index contributed by atoms with van der Waals surface area (Å²) in [6, 6.07) is 8.58. The van der Waals surface area contributed by atoms with E-state index in [2.05, 4.69) is 51.3 Å². The molecule has 0 heterocycles. The average molecular weight is 509 g/mol. The molecule has 0 radical (unpaired) electrons. The fourth-order valence-corrected chi connectivity index (χ4v) is 4.05. The van der Waals surface area contributed by atoms with Crippen LogP contribution >= 0.6 is 0 Å². The molecule has 0 unspecified atom stereocenters. The predicted molar refractivity (Wildman–Crippen MR) is 146 cm³/mol. The minimum Gasteiger partial charge on any atom is -0.489 e. The lowest BCUT2D eigenvalue weighted by Gasteiger charge is -2.29. The molecule has 0 aliphatic carbocycles. The first-order chi connectivity index (χ1) is 17.2. The topological polar surface area (TPSA) is 71.1 Å². The van der Waals surface area contributed by atoms with Gasteiger partial charge in [0.1, 0.15) is 37.9 Å². The fraction of sp³-hybridized carbons (Fsp3) is 0.419. The van der Waals surface area contributed by atoms with E-state index in [4.69, 9.17) is 18.9 Å². The highest BCUT2D eigenvalue weighted by Gasteiger charge is 2.26. The Balaban J connectivity index is 2.15. The van der Waals surface area contributed by atoms with Crippen LogP contribution in [0.3, 0.4) is 0 Å². The lowest BCUT2D eigenvalue weighted by Crippen LogP contribution is -2.21. The van der Waals surface area contributed by atoms with Gasteiger partial charge in [0.25, 0.3) is 0 Å². The highest BCUT2D eigenvalue weighted by Crippen LogP contribution is 2.38. The molecular formula is C31H40O6. The molecule has 0 fully saturated rings. The molecule has 0 spiro atoms. The molecule has 2 aromatic carbocycles. The van der Waals surface area contributed by atoms with E-state index in [1.807, 2.05) is 27.7 Å². The quantitative estimate of drug-likeness (QED) is 0.192. The van der Waals surface area contributed by atoms with Crippen LogP contribution in [0.4, 0.5) is 0 Å². The van der Waals surface area contributed by atoms with E-state index in [1.165, 1.54) is 11.1 Å². The first kappa shape index (κ1) is 29.7. The molecule has 0 N–H and O–H groups in total. The van der Waals surface area contributed by atoms with Gasteiger partial charge in [0.05, 0.1) is 0 Å². The largest absolute Gasteiger partial charge is 0.489 e. The van der Waals surface area contributed by atoms with E-state index in [0.29, 0.717) is 11.1 Å². The van der Waals surface area contributed by atoms with Crippen molar-refractivity contribution in [2.75, 3.05) is 26.4 Å². The SMILES string of the molecule is C=C(C)C(=O)OCCOc1c(C)cc(C(C)(C)c2cc(C)c(OCCOC(=O)C(=C)C)c(C)c2)cc1C. The Bertz CT molecular complexity index is 1050. The molecule has 0 aliphatic rings. The van der Waals surface area contributed by atoms with Crippen LogP contribution < -0.4 is 9.47 Å². The number of rotatable bonds is 12. The van der Waals surface area contributed by atoms with E-state index in [9.17, 15) is 9.59 Å². The van der Waals surface area contributed by atoms with Gasteiger partial charge in [-0.25, -0.2) is 9.59 Å². The van der Waals surface area contributed by atoms with Crippen LogP contribution in [0.5, 0.6) is 11.5 Å². The number of carbonyl (C=O) groups is 2. The Morgan fingerprint density at radius 2 is 0.946 bits per heavy atom. The summed E-state index contributed by atoms with van der Waals surface area (Å²) >= 11 is 0. The summed E-state index contributed by atoms with van der Waals surface area (Å²) in [6.07, 6.45) is 0. The van der Waals surface area contributed by atoms with Gasteiger partial charge in [-0.3, -0.25) is 0 Å². The van der Waals surface area contributed by atoms with Gasteiger partial charge in [-0.15, -0.1) is 0 Å². The van der Waals surface area contributed by atoms with Gasteiger partial charge in [0.15, 0.2) is 0 Å². The number of carbonyl (C=O) groups excluding carboxylic acids is 2. The first-order valence-electron chi connectivity index (χ1n) is 12.4. The van der Waals surface area contributed by atoms with E-state index in [-0.39, 0.29) is 31.8 Å². The fourth-order valence-electron chi connectivity index (χ4n) is 4.05. The van der Waals surface area contributed by atoms with Crippen molar-refractivity contribution in [3.63, 3.8) is 0 Å². The van der Waals surface area contributed by atoms with E-state index in [0.717, 1.165) is 33.8 Å². The van der Waals surface area contributed by atoms with Gasteiger partial charge in [-0.05, 0) is 74.9 Å². The smallest absolute Gasteiger partial charge is 0.333 e. The molecule has 6 nitrogen and oxygen atoms in total. The summed E-state index contributed by atoms with van der Waals surface area (Å²) in [5.74, 6) is 0.772. The minimum atomic E-state index is -0.414. The lowest BCUT2D eigenvalue weighted by atomic mass is 9.76. The van der Waals surface area contributed by atoms with Crippen LogP contribution in [0.1, 0.15) is 61.1 Å². The van der Waals surface area contributed by atoms with Crippen molar-refractivity contribution in [2.45, 2.75) is 60.8 Å². The number of hydrogen-bond acceptors (Lipinski definition) is 6. The molecule has 0 bridgehead atoms. The molecule has 0 amide bonds. The normalized spacial score (nSPS) is 11.0. The van der Waals surface area contributed by atoms with Crippen molar-refractivity contribution in [3.05, 3.63) is 82.0 Å². The maximum atomic E-state index is 11.6. The summed E-state index contributed by atoms with van der Waals surface area (Å²) in [7, 11) is 0. The van der Waals surface area contributed by atoms with Gasteiger partial charge in [-0.1, -0.05) is 51.3 Å². The minimum absolute atomic E-state index is 0.168. The van der Waals surface area contributed by atoms with Crippen LogP contribution in [-0.2, 0) is 24.5 Å². The van der Waals surface area contributed by atoms with Crippen molar-refractivity contribution in [1.29, 1.82) is 0 Å². The third-order valence-electron chi connectivity index (χ3n) is 6.19. The molecule has 0 aliphatic heterocycles. The number of aryl methyl sites for hydroxylation is 4. The number of benzene rings is 2. The molecule has 6 heteroatoms. The molecule has 0 aromatic heterocycles. The van der Waals surface area contributed by atoms with Crippen LogP contribution in [0.15, 0.2) is 48.6 Å². The van der Waals surface area contributed by atoms with Crippen molar-refractivity contribution in [3.8, 4) is 11.5 Å². The van der Waals surface area contributed by atoms with Crippen LogP contribution in [0.25, 0.3) is 0 Å². The maximum absolute atomic E-state index is 11.6. The Kier molecular flexibility index (Phi) is 10.1. The Labute approximate surface area is 221 Å². The second kappa shape index (κ2) is 12.6. The zero-order chi connectivity index (χ0) is 27.9. The van der Waals surface area contributed by atoms with Crippen LogP contribution in [0, 0.1) is 27.7 Å². The summed E-state index contributed by atoms with van der Waals surface area (Å²) < 4.78 is 22.1. The Hall–Kier alpha value is -3.54. The van der Waals surface area contributed by atoms with Crippen LogP contribution in [0.2, 0.25) is 0 Å². The second-order valence-electron chi connectivity index (χ2n) is 10.0. The van der Waals surface area contributed by atoms with Gasteiger partial charge >= 0.3 is 11.9 Å². The van der Waals surface area contributed by atoms with Gasteiger partial charge in [0, 0.05) is 16.6 Å². The molecule has 200 valence electrons. The summed E-state index contributed by atoms with van der Waals surface area (Å²) in [5, 5.41) is 0. The molecule has 0 saturated heterocycles. The van der Waals surface area contributed by atoms with Crippen molar-refractivity contribution < 1.29 is 28.5 Å². The summed E-state index contributed by atoms with van der Waals surface area (Å²) in [5.41, 5.74) is 6.89. The second-order valence-corrected chi connectivity index (χ2v) is 10.0. The number of hydrogen-bond donors (Lipinski definition) is 0. The molecule has 2 aromatic rings. The lowest BCUT2D eigenvalue weighted by molar-refractivity contribution is -0.140. The Morgan fingerprint density at radius 3 is 1.22 bits per heavy atom. The zero-order valence-corrected chi connectivity index (χ0v) is 23.5. The van der Waals surface area contributed by atoms with E-state index < -0.39 is 11.9 Å². The van der Waals surface area contributed by atoms with Gasteiger partial charge in [-0.2, -0.15) is 0 Å². The summed E-state index contributed by atoms with van der Waals surface area (Å²) in [6.45, 7) is 23.8. The molecule has 2 rings (SSSR count). The number of ether oxygens (including phenoxy) is 4. The average Bonchev–Trinajstić information content (AvgIpc) is 2.81. The molecular weight excluding hydrogens is 468 g/mol. The maximum Gasteiger partial charge on any atom is 0.333 e. The monoisotopic (exact) mass is 508 g/mol. The van der Waals surface area contributed by atoms with E-state index in [1.54, 1.807) is 13.8 Å². The molecule has 0 saturated carbocycles. The Morgan fingerprint density at radius 1 is 0.649 bits per heavy atom. The zero-order valence-electron chi connectivity index (χ0n) is 23.5. The first-order valence-corrected chi connectivity index (χ1v) is 12.4. The van der Waals surface area contributed by atoms with E-state index >= 15 is 0 Å². The standard InChI is InChI=1S/C31H40O6/c1-19(2)29(32)36-13-11-34-27-21(5)15-25(16-22(27)6)31(9,10)26-17-23(7)28(24(8)18-26)35-12-14-37-30(33)20(3)4/h15-18H,1,3,11-14H2,2,4-10H3. The highest BCUT2D eigenvalue weighted by molar-refractivity contribution is 5.87. The van der Waals surface area contributed by atoms with Crippen molar-refractivity contribution in [2.24, 2.45) is 0 Å². The summed E-state index contributed by atoms with van der Waals surface area (Å²) in [4.78, 5) is 23.1. The van der Waals surface area contributed by atoms with Gasteiger partial charge in [0.2, 0.25) is 0 Å². The molecule has 0 atom stereocenters. The van der Waals surface area contributed by atoms with Gasteiger partial charge < -0.3 is 18.9 Å². The third-order valence-corrected chi connectivity index (χ3v) is 6.19.